The molecule has 4 heteroatoms. The monoisotopic (exact) mass is 348 g/mol. The number of carbonyl (C=O) groups is 1. The van der Waals surface area contributed by atoms with Gasteiger partial charge in [-0.05, 0) is 40.8 Å². The number of rotatable bonds is 4. The van der Waals surface area contributed by atoms with E-state index in [0.29, 0.717) is 12.2 Å². The molecule has 1 rings (SSSR count). The highest BCUT2D eigenvalue weighted by atomic mass is 127. The molecule has 88 valence electrons. The predicted molar refractivity (Wildman–Crippen MR) is 77.6 cm³/mol. The molecule has 2 nitrogen and oxygen atoms in total. The van der Waals surface area contributed by atoms with Gasteiger partial charge < -0.3 is 4.74 Å². The fourth-order valence-electron chi connectivity index (χ4n) is 1.15. The van der Waals surface area contributed by atoms with Crippen molar-refractivity contribution >= 4 is 36.6 Å². The summed E-state index contributed by atoms with van der Waals surface area (Å²) in [6, 6.07) is 8.51. The van der Waals surface area contributed by atoms with Crippen LogP contribution in [0.15, 0.2) is 24.3 Å². The van der Waals surface area contributed by atoms with Gasteiger partial charge in [-0.25, -0.2) is 4.79 Å². The van der Waals surface area contributed by atoms with Crippen LogP contribution in [0.5, 0.6) is 0 Å². The lowest BCUT2D eigenvalue weighted by atomic mass is 10.2. The van der Waals surface area contributed by atoms with E-state index in [9.17, 15) is 4.79 Å². The highest BCUT2D eigenvalue weighted by molar-refractivity contribution is 14.1. The van der Waals surface area contributed by atoms with Gasteiger partial charge in [0, 0.05) is 11.6 Å². The van der Waals surface area contributed by atoms with Crippen LogP contribution in [0.2, 0.25) is 25.7 Å². The molecule has 0 saturated heterocycles. The van der Waals surface area contributed by atoms with Crippen molar-refractivity contribution < 1.29 is 9.53 Å². The van der Waals surface area contributed by atoms with Gasteiger partial charge in [0.2, 0.25) is 0 Å². The smallest absolute Gasteiger partial charge is 0.339 e. The Morgan fingerprint density at radius 1 is 1.31 bits per heavy atom. The third kappa shape index (κ3) is 4.65. The van der Waals surface area contributed by atoms with Gasteiger partial charge in [0.1, 0.15) is 0 Å². The molecule has 0 aromatic heterocycles. The standard InChI is InChI=1S/C12H17IO2Si/c1-16(2,3)9-8-15-12(14)10-6-4-5-7-11(10)13/h4-7H,8-9H2,1-3H3. The van der Waals surface area contributed by atoms with Crippen LogP contribution in [-0.4, -0.2) is 20.7 Å². The van der Waals surface area contributed by atoms with Crippen molar-refractivity contribution in [1.82, 2.24) is 0 Å². The van der Waals surface area contributed by atoms with Crippen molar-refractivity contribution in [2.45, 2.75) is 25.7 Å². The summed E-state index contributed by atoms with van der Waals surface area (Å²) in [5.74, 6) is -0.205. The van der Waals surface area contributed by atoms with E-state index >= 15 is 0 Å². The molecular weight excluding hydrogens is 331 g/mol. The molecule has 0 amide bonds. The maximum Gasteiger partial charge on any atom is 0.339 e. The largest absolute Gasteiger partial charge is 0.462 e. The number of hydrogen-bond acceptors (Lipinski definition) is 2. The van der Waals surface area contributed by atoms with E-state index in [4.69, 9.17) is 4.74 Å². The first-order chi connectivity index (χ1) is 7.40. The second-order valence-electron chi connectivity index (χ2n) is 4.93. The number of halogens is 1. The predicted octanol–water partition coefficient (Wildman–Crippen LogP) is 3.79. The lowest BCUT2D eigenvalue weighted by Gasteiger charge is -2.15. The zero-order valence-corrected chi connectivity index (χ0v) is 13.1. The Labute approximate surface area is 112 Å². The fourth-order valence-corrected chi connectivity index (χ4v) is 2.48. The Morgan fingerprint density at radius 3 is 2.50 bits per heavy atom. The fraction of sp³-hybridized carbons (Fsp3) is 0.417. The Morgan fingerprint density at radius 2 is 1.94 bits per heavy atom. The number of hydrogen-bond donors (Lipinski definition) is 0. The summed E-state index contributed by atoms with van der Waals surface area (Å²) < 4.78 is 6.22. The van der Waals surface area contributed by atoms with Gasteiger partial charge >= 0.3 is 5.97 Å². The van der Waals surface area contributed by atoms with E-state index < -0.39 is 8.07 Å². The van der Waals surface area contributed by atoms with Crippen LogP contribution in [0, 0.1) is 3.57 Å². The first kappa shape index (κ1) is 13.7. The summed E-state index contributed by atoms with van der Waals surface area (Å²) in [4.78, 5) is 11.7. The summed E-state index contributed by atoms with van der Waals surface area (Å²) in [5.41, 5.74) is 0.665. The van der Waals surface area contributed by atoms with E-state index in [-0.39, 0.29) is 5.97 Å². The minimum atomic E-state index is -1.12. The molecule has 0 N–H and O–H groups in total. The highest BCUT2D eigenvalue weighted by Gasteiger charge is 2.15. The first-order valence-corrected chi connectivity index (χ1v) is 10.1. The lowest BCUT2D eigenvalue weighted by molar-refractivity contribution is 0.0524. The summed E-state index contributed by atoms with van der Waals surface area (Å²) in [5, 5.41) is 0. The van der Waals surface area contributed by atoms with Crippen molar-refractivity contribution in [2.75, 3.05) is 6.61 Å². The van der Waals surface area contributed by atoms with Gasteiger partial charge in [0.15, 0.2) is 0 Å². The molecule has 0 atom stereocenters. The molecule has 0 aliphatic rings. The molecule has 1 aromatic carbocycles. The van der Waals surface area contributed by atoms with Gasteiger partial charge in [-0.1, -0.05) is 31.8 Å². The number of ether oxygens (including phenoxy) is 1. The molecule has 1 aromatic rings. The molecule has 0 radical (unpaired) electrons. The van der Waals surface area contributed by atoms with E-state index in [1.165, 1.54) is 0 Å². The van der Waals surface area contributed by atoms with Gasteiger partial charge in [-0.2, -0.15) is 0 Å². The Hall–Kier alpha value is -0.363. The first-order valence-electron chi connectivity index (χ1n) is 5.32. The second-order valence-corrected chi connectivity index (χ2v) is 11.7. The SMILES string of the molecule is C[Si](C)(C)CCOC(=O)c1ccccc1I. The average Bonchev–Trinajstić information content (AvgIpc) is 2.16. The molecule has 0 aliphatic heterocycles. The van der Waals surface area contributed by atoms with Gasteiger partial charge in [-0.15, -0.1) is 0 Å². The van der Waals surface area contributed by atoms with Crippen LogP contribution in [0.1, 0.15) is 10.4 Å². The summed E-state index contributed by atoms with van der Waals surface area (Å²) in [7, 11) is -1.12. The third-order valence-corrected chi connectivity index (χ3v) is 4.82. The van der Waals surface area contributed by atoms with Gasteiger partial charge in [-0.3, -0.25) is 0 Å². The van der Waals surface area contributed by atoms with Gasteiger partial charge in [0.05, 0.1) is 12.2 Å². The zero-order valence-electron chi connectivity index (χ0n) is 9.92. The van der Waals surface area contributed by atoms with Crippen molar-refractivity contribution in [3.8, 4) is 0 Å². The van der Waals surface area contributed by atoms with Crippen LogP contribution in [0.25, 0.3) is 0 Å². The molecule has 0 aliphatic carbocycles. The lowest BCUT2D eigenvalue weighted by Crippen LogP contribution is -2.22. The maximum absolute atomic E-state index is 11.7. The normalized spacial score (nSPS) is 11.2. The summed E-state index contributed by atoms with van der Waals surface area (Å²) in [6.45, 7) is 7.35. The Bertz CT molecular complexity index is 372. The minimum absolute atomic E-state index is 0.205. The van der Waals surface area contributed by atoms with Crippen molar-refractivity contribution in [2.24, 2.45) is 0 Å². The topological polar surface area (TPSA) is 26.3 Å². The second kappa shape index (κ2) is 5.81. The van der Waals surface area contributed by atoms with Crippen molar-refractivity contribution in [3.63, 3.8) is 0 Å². The minimum Gasteiger partial charge on any atom is -0.462 e. The van der Waals surface area contributed by atoms with Crippen LogP contribution in [0.4, 0.5) is 0 Å². The summed E-state index contributed by atoms with van der Waals surface area (Å²) >= 11 is 2.15. The third-order valence-electron chi connectivity index (χ3n) is 2.18. The quantitative estimate of drug-likeness (QED) is 0.470. The molecular formula is C12H17IO2Si. The van der Waals surface area contributed by atoms with Crippen molar-refractivity contribution in [1.29, 1.82) is 0 Å². The average molecular weight is 348 g/mol. The molecule has 0 bridgehead atoms. The van der Waals surface area contributed by atoms with Gasteiger partial charge in [0.25, 0.3) is 0 Å². The molecule has 0 spiro atoms. The van der Waals surface area contributed by atoms with Crippen LogP contribution in [-0.2, 0) is 4.74 Å². The maximum atomic E-state index is 11.7. The number of esters is 1. The van der Waals surface area contributed by atoms with E-state index in [1.807, 2.05) is 18.2 Å². The van der Waals surface area contributed by atoms with E-state index in [1.54, 1.807) is 6.07 Å². The Kier molecular flexibility index (Phi) is 4.98. The zero-order chi connectivity index (χ0) is 12.2. The van der Waals surface area contributed by atoms with E-state index in [0.717, 1.165) is 9.61 Å². The van der Waals surface area contributed by atoms with Crippen LogP contribution < -0.4 is 0 Å². The van der Waals surface area contributed by atoms with E-state index in [2.05, 4.69) is 42.2 Å². The molecule has 0 saturated carbocycles. The summed E-state index contributed by atoms with van der Waals surface area (Å²) in [6.07, 6.45) is 0. The molecule has 0 fully saturated rings. The molecule has 16 heavy (non-hydrogen) atoms. The molecule has 0 unspecified atom stereocenters. The number of carbonyl (C=O) groups excluding carboxylic acids is 1. The Balaban J connectivity index is 2.51. The number of benzene rings is 1. The van der Waals surface area contributed by atoms with Crippen LogP contribution in [0.3, 0.4) is 0 Å². The van der Waals surface area contributed by atoms with Crippen molar-refractivity contribution in [3.05, 3.63) is 33.4 Å². The van der Waals surface area contributed by atoms with Crippen LogP contribution >= 0.6 is 22.6 Å². The highest BCUT2D eigenvalue weighted by Crippen LogP contribution is 2.14. The molecule has 0 heterocycles.